The zero-order valence-corrected chi connectivity index (χ0v) is 19.8. The zero-order valence-electron chi connectivity index (χ0n) is 18.2. The van der Waals surface area contributed by atoms with Crippen molar-refractivity contribution in [3.05, 3.63) is 95.8 Å². The number of anilines is 1. The van der Waals surface area contributed by atoms with Crippen molar-refractivity contribution in [2.75, 3.05) is 11.1 Å². The second-order valence-corrected chi connectivity index (χ2v) is 8.73. The molecule has 0 saturated carbocycles. The van der Waals surface area contributed by atoms with Crippen LogP contribution in [0.5, 0.6) is 0 Å². The fourth-order valence-electron chi connectivity index (χ4n) is 3.41. The van der Waals surface area contributed by atoms with Crippen molar-refractivity contribution in [3.63, 3.8) is 0 Å². The third kappa shape index (κ3) is 5.65. The Balaban J connectivity index is 1.39. The highest BCUT2D eigenvalue weighted by atomic mass is 35.5. The minimum atomic E-state index is -0.265. The van der Waals surface area contributed by atoms with E-state index >= 15 is 0 Å². The molecule has 0 radical (unpaired) electrons. The van der Waals surface area contributed by atoms with Crippen molar-refractivity contribution >= 4 is 51.6 Å². The maximum Gasteiger partial charge on any atom is 0.251 e. The summed E-state index contributed by atoms with van der Waals surface area (Å²) < 4.78 is 1.82. The van der Waals surface area contributed by atoms with E-state index in [9.17, 15) is 9.59 Å². The monoisotopic (exact) mass is 491 g/mol. The molecule has 4 aromatic rings. The molecule has 34 heavy (non-hydrogen) atoms. The molecular weight excluding hydrogens is 470 g/mol. The number of benzene rings is 3. The molecular formula is C25H22ClN5O2S. The van der Waals surface area contributed by atoms with Crippen LogP contribution in [0.25, 0.3) is 10.8 Å². The molecule has 0 aliphatic rings. The van der Waals surface area contributed by atoms with Gasteiger partial charge in [0.1, 0.15) is 0 Å². The van der Waals surface area contributed by atoms with Crippen LogP contribution in [0.2, 0.25) is 5.02 Å². The number of carbonyl (C=O) groups excluding carboxylic acids is 2. The highest BCUT2D eigenvalue weighted by Crippen LogP contribution is 2.24. The summed E-state index contributed by atoms with van der Waals surface area (Å²) in [6.07, 6.45) is 1.71. The minimum Gasteiger partial charge on any atom is -0.345 e. The third-order valence-corrected chi connectivity index (χ3v) is 6.20. The molecule has 0 unspecified atom stereocenters. The number of halogens is 1. The smallest absolute Gasteiger partial charge is 0.251 e. The first-order valence-corrected chi connectivity index (χ1v) is 11.9. The van der Waals surface area contributed by atoms with Crippen LogP contribution in [0.1, 0.15) is 16.2 Å². The number of carbonyl (C=O) groups is 2. The molecule has 3 aromatic carbocycles. The van der Waals surface area contributed by atoms with Gasteiger partial charge in [0.25, 0.3) is 5.91 Å². The number of thioether (sulfide) groups is 1. The molecule has 0 atom stereocenters. The van der Waals surface area contributed by atoms with Gasteiger partial charge >= 0.3 is 0 Å². The summed E-state index contributed by atoms with van der Waals surface area (Å²) in [6.45, 7) is 4.41. The van der Waals surface area contributed by atoms with Crippen LogP contribution in [0, 0.1) is 0 Å². The van der Waals surface area contributed by atoms with Crippen LogP contribution in [0.15, 0.2) is 84.5 Å². The molecule has 0 saturated heterocycles. The van der Waals surface area contributed by atoms with Gasteiger partial charge in [0.15, 0.2) is 11.0 Å². The van der Waals surface area contributed by atoms with Crippen LogP contribution in [0.3, 0.4) is 0 Å². The molecule has 172 valence electrons. The summed E-state index contributed by atoms with van der Waals surface area (Å²) in [5.74, 6) is 0.310. The first-order valence-electron chi connectivity index (χ1n) is 10.5. The van der Waals surface area contributed by atoms with E-state index in [1.165, 1.54) is 11.8 Å². The number of nitrogens with one attached hydrogen (secondary N) is 2. The summed E-state index contributed by atoms with van der Waals surface area (Å²) in [6, 6.07) is 20.4. The number of fused-ring (bicyclic) bond motifs is 1. The van der Waals surface area contributed by atoms with Gasteiger partial charge in [-0.05, 0) is 29.7 Å². The number of hydrogen-bond donors (Lipinski definition) is 2. The minimum absolute atomic E-state index is 0.148. The van der Waals surface area contributed by atoms with Crippen molar-refractivity contribution in [1.82, 2.24) is 20.1 Å². The predicted octanol–water partition coefficient (Wildman–Crippen LogP) is 4.93. The summed E-state index contributed by atoms with van der Waals surface area (Å²) >= 11 is 7.24. The molecule has 0 aliphatic heterocycles. The van der Waals surface area contributed by atoms with Crippen LogP contribution >= 0.6 is 23.4 Å². The van der Waals surface area contributed by atoms with Gasteiger partial charge in [0, 0.05) is 28.2 Å². The molecule has 9 heteroatoms. The number of amides is 2. The van der Waals surface area contributed by atoms with Gasteiger partial charge in [-0.25, -0.2) is 0 Å². The van der Waals surface area contributed by atoms with Gasteiger partial charge in [-0.3, -0.25) is 9.59 Å². The highest BCUT2D eigenvalue weighted by Gasteiger charge is 2.15. The van der Waals surface area contributed by atoms with E-state index in [1.807, 2.05) is 47.0 Å². The standard InChI is InChI=1S/C25H22ClN5O2S/c1-2-13-31-22(15-27-24(33)18-9-5-10-19(26)14-18)29-30-25(31)34-16-23(32)28-21-12-6-8-17-7-3-4-11-20(17)21/h2-12,14H,1,13,15-16H2,(H,27,33)(H,28,32). The van der Waals surface area contributed by atoms with Gasteiger partial charge in [0.05, 0.1) is 12.3 Å². The second-order valence-electron chi connectivity index (χ2n) is 7.35. The summed E-state index contributed by atoms with van der Waals surface area (Å²) in [5.41, 5.74) is 1.22. The van der Waals surface area contributed by atoms with Crippen LogP contribution in [-0.2, 0) is 17.9 Å². The maximum atomic E-state index is 12.6. The number of rotatable bonds is 9. The van der Waals surface area contributed by atoms with E-state index in [-0.39, 0.29) is 24.1 Å². The van der Waals surface area contributed by atoms with Gasteiger partial charge in [-0.1, -0.05) is 71.9 Å². The van der Waals surface area contributed by atoms with Crippen molar-refractivity contribution in [2.45, 2.75) is 18.2 Å². The zero-order chi connectivity index (χ0) is 23.9. The van der Waals surface area contributed by atoms with E-state index in [1.54, 1.807) is 30.3 Å². The van der Waals surface area contributed by atoms with Crippen LogP contribution in [0.4, 0.5) is 5.69 Å². The second kappa shape index (κ2) is 11.0. The Morgan fingerprint density at radius 3 is 2.68 bits per heavy atom. The van der Waals surface area contributed by atoms with Gasteiger partial charge in [-0.15, -0.1) is 16.8 Å². The van der Waals surface area contributed by atoms with Gasteiger partial charge in [0.2, 0.25) is 5.91 Å². The predicted molar refractivity (Wildman–Crippen MR) is 136 cm³/mol. The SMILES string of the molecule is C=CCn1c(CNC(=O)c2cccc(Cl)c2)nnc1SCC(=O)Nc1cccc2ccccc12. The highest BCUT2D eigenvalue weighted by molar-refractivity contribution is 7.99. The molecule has 2 amide bonds. The lowest BCUT2D eigenvalue weighted by molar-refractivity contribution is -0.113. The van der Waals surface area contributed by atoms with Crippen LogP contribution in [-0.4, -0.2) is 32.3 Å². The van der Waals surface area contributed by atoms with Crippen molar-refractivity contribution < 1.29 is 9.59 Å². The van der Waals surface area contributed by atoms with E-state index in [0.717, 1.165) is 16.5 Å². The Bertz CT molecular complexity index is 1350. The summed E-state index contributed by atoms with van der Waals surface area (Å²) in [7, 11) is 0. The number of aromatic nitrogens is 3. The lowest BCUT2D eigenvalue weighted by atomic mass is 10.1. The first kappa shape index (κ1) is 23.5. The molecule has 4 rings (SSSR count). The van der Waals surface area contributed by atoms with Crippen LogP contribution < -0.4 is 10.6 Å². The van der Waals surface area contributed by atoms with Crippen molar-refractivity contribution in [2.24, 2.45) is 0 Å². The normalized spacial score (nSPS) is 10.7. The van der Waals surface area contributed by atoms with Crippen molar-refractivity contribution in [1.29, 1.82) is 0 Å². The topological polar surface area (TPSA) is 88.9 Å². The number of nitrogens with zero attached hydrogens (tertiary/aromatic N) is 3. The van der Waals surface area contributed by atoms with E-state index in [0.29, 0.717) is 28.1 Å². The number of hydrogen-bond acceptors (Lipinski definition) is 5. The summed E-state index contributed by atoms with van der Waals surface area (Å²) in [4.78, 5) is 25.0. The van der Waals surface area contributed by atoms with E-state index in [4.69, 9.17) is 11.6 Å². The Hall–Kier alpha value is -3.62. The molecule has 2 N–H and O–H groups in total. The molecule has 0 bridgehead atoms. The quantitative estimate of drug-likeness (QED) is 0.256. The lowest BCUT2D eigenvalue weighted by Crippen LogP contribution is -2.24. The summed E-state index contributed by atoms with van der Waals surface area (Å²) in [5, 5.41) is 17.3. The van der Waals surface area contributed by atoms with E-state index in [2.05, 4.69) is 27.4 Å². The van der Waals surface area contributed by atoms with Crippen molar-refractivity contribution in [3.8, 4) is 0 Å². The molecule has 7 nitrogen and oxygen atoms in total. The molecule has 0 spiro atoms. The molecule has 0 aliphatic carbocycles. The fourth-order valence-corrected chi connectivity index (χ4v) is 4.37. The Kier molecular flexibility index (Phi) is 7.61. The Morgan fingerprint density at radius 1 is 1.06 bits per heavy atom. The first-order chi connectivity index (χ1) is 16.5. The van der Waals surface area contributed by atoms with Gasteiger partial charge in [-0.2, -0.15) is 0 Å². The fraction of sp³-hybridized carbons (Fsp3) is 0.120. The Labute approximate surface area is 206 Å². The molecule has 1 aromatic heterocycles. The third-order valence-electron chi connectivity index (χ3n) is 5.00. The average Bonchev–Trinajstić information content (AvgIpc) is 3.23. The number of allylic oxidation sites excluding steroid dienone is 1. The largest absolute Gasteiger partial charge is 0.345 e. The molecule has 0 fully saturated rings. The lowest BCUT2D eigenvalue weighted by Gasteiger charge is -2.10. The average molecular weight is 492 g/mol. The Morgan fingerprint density at radius 2 is 1.85 bits per heavy atom. The van der Waals surface area contributed by atoms with Gasteiger partial charge < -0.3 is 15.2 Å². The molecule has 1 heterocycles. The maximum absolute atomic E-state index is 12.6. The van der Waals surface area contributed by atoms with E-state index < -0.39 is 0 Å².